The Morgan fingerprint density at radius 2 is 1.78 bits per heavy atom. The van der Waals surface area contributed by atoms with Crippen molar-refractivity contribution in [3.05, 3.63) is 95.1 Å². The molecule has 11 nitrogen and oxygen atoms in total. The number of nitrogens with one attached hydrogen (secondary N) is 3. The smallest absolute Gasteiger partial charge is 0.244 e. The van der Waals surface area contributed by atoms with Gasteiger partial charge in [-0.05, 0) is 98.2 Å². The largest absolute Gasteiger partial charge is 0.496 e. The van der Waals surface area contributed by atoms with Gasteiger partial charge in [-0.2, -0.15) is 12.6 Å². The molecular formula is C42H54N4O7S. The Kier molecular flexibility index (Phi) is 15.6. The molecule has 1 fully saturated rings. The van der Waals surface area contributed by atoms with E-state index < -0.39 is 29.1 Å². The molecule has 1 saturated heterocycles. The van der Waals surface area contributed by atoms with Crippen LogP contribution in [0.2, 0.25) is 0 Å². The minimum atomic E-state index is -1.33. The number of nitrogens with zero attached hydrogens (tertiary/aromatic N) is 1. The number of fused-ring (bicyclic) bond motifs is 4. The number of carbonyl (C=O) groups excluding carboxylic acids is 4. The highest BCUT2D eigenvalue weighted by atomic mass is 32.1. The van der Waals surface area contributed by atoms with Crippen LogP contribution in [-0.2, 0) is 43.3 Å². The molecule has 3 N–H and O–H groups in total. The maximum atomic E-state index is 14.2. The van der Waals surface area contributed by atoms with Gasteiger partial charge in [0.15, 0.2) is 0 Å². The molecule has 5 rings (SSSR count). The van der Waals surface area contributed by atoms with Crippen LogP contribution >= 0.6 is 12.6 Å². The van der Waals surface area contributed by atoms with Gasteiger partial charge in [-0.3, -0.25) is 19.2 Å². The fourth-order valence-electron chi connectivity index (χ4n) is 6.97. The summed E-state index contributed by atoms with van der Waals surface area (Å²) in [6.07, 6.45) is 4.82. The van der Waals surface area contributed by atoms with E-state index in [9.17, 15) is 19.2 Å². The molecular weight excluding hydrogens is 705 g/mol. The van der Waals surface area contributed by atoms with Crippen molar-refractivity contribution in [2.45, 2.75) is 82.2 Å². The summed E-state index contributed by atoms with van der Waals surface area (Å²) in [6.45, 7) is 4.31. The van der Waals surface area contributed by atoms with Crippen molar-refractivity contribution < 1.29 is 33.4 Å². The normalized spacial score (nSPS) is 21.2. The molecule has 2 unspecified atom stereocenters. The number of aryl methyl sites for hydroxylation is 3. The van der Waals surface area contributed by atoms with Crippen molar-refractivity contribution in [1.82, 2.24) is 20.9 Å². The van der Waals surface area contributed by atoms with Crippen LogP contribution in [-0.4, -0.2) is 85.9 Å². The van der Waals surface area contributed by atoms with E-state index in [1.807, 2.05) is 79.7 Å². The summed E-state index contributed by atoms with van der Waals surface area (Å²) in [7, 11) is 1.64. The zero-order valence-corrected chi connectivity index (χ0v) is 32.3. The summed E-state index contributed by atoms with van der Waals surface area (Å²) in [5.74, 6) is -0.0613. The van der Waals surface area contributed by atoms with Crippen LogP contribution in [0, 0.1) is 12.8 Å². The maximum Gasteiger partial charge on any atom is 0.244 e. The van der Waals surface area contributed by atoms with Crippen molar-refractivity contribution >= 4 is 36.3 Å². The van der Waals surface area contributed by atoms with E-state index >= 15 is 0 Å². The predicted octanol–water partition coefficient (Wildman–Crippen LogP) is 4.58. The van der Waals surface area contributed by atoms with Crippen molar-refractivity contribution in [3.63, 3.8) is 0 Å². The second kappa shape index (κ2) is 20.8. The lowest BCUT2D eigenvalue weighted by atomic mass is 9.94. The first-order valence-corrected chi connectivity index (χ1v) is 19.5. The molecule has 290 valence electrons. The van der Waals surface area contributed by atoms with Gasteiger partial charge in [0.25, 0.3) is 0 Å². The summed E-state index contributed by atoms with van der Waals surface area (Å²) >= 11 is 4.68. The minimum Gasteiger partial charge on any atom is -0.496 e. The summed E-state index contributed by atoms with van der Waals surface area (Å²) in [4.78, 5) is 57.0. The number of methoxy groups -OCH3 is 1. The van der Waals surface area contributed by atoms with Gasteiger partial charge in [-0.1, -0.05) is 54.6 Å². The van der Waals surface area contributed by atoms with Crippen LogP contribution in [0.5, 0.6) is 11.5 Å². The lowest BCUT2D eigenvalue weighted by Gasteiger charge is -2.36. The predicted molar refractivity (Wildman–Crippen MR) is 211 cm³/mol. The molecule has 3 aromatic carbocycles. The number of hydrogen-bond acceptors (Lipinski definition) is 8. The topological polar surface area (TPSA) is 135 Å². The first-order valence-electron chi connectivity index (χ1n) is 19.0. The number of carbonyl (C=O) groups is 4. The summed E-state index contributed by atoms with van der Waals surface area (Å²) in [5, 5.41) is 7.48. The van der Waals surface area contributed by atoms with Crippen LogP contribution in [0.3, 0.4) is 0 Å². The van der Waals surface area contributed by atoms with Crippen LogP contribution in [0.1, 0.15) is 60.8 Å². The SMILES string of the molecule is COc1ccccc1CCCOCCC(=O)N[C@@H]1C(=O)N[C@@H](CCc2ccccc2)C(=O)NCc2cc(ccc2C)OCCC2CCCN(C2)C(=O)C1S. The highest BCUT2D eigenvalue weighted by Gasteiger charge is 2.38. The lowest BCUT2D eigenvalue weighted by molar-refractivity contribution is -0.137. The molecule has 2 aliphatic rings. The number of thiol groups is 1. The Morgan fingerprint density at radius 1 is 0.981 bits per heavy atom. The molecule has 4 atom stereocenters. The fourth-order valence-corrected chi connectivity index (χ4v) is 7.34. The molecule has 0 aliphatic carbocycles. The third-order valence-electron chi connectivity index (χ3n) is 10.2. The number of ether oxygens (including phenoxy) is 3. The van der Waals surface area contributed by atoms with Crippen LogP contribution in [0.25, 0.3) is 0 Å². The van der Waals surface area contributed by atoms with Gasteiger partial charge in [-0.25, -0.2) is 0 Å². The van der Waals surface area contributed by atoms with Gasteiger partial charge >= 0.3 is 0 Å². The second-order valence-electron chi connectivity index (χ2n) is 14.1. The number of hydrogen-bond donors (Lipinski definition) is 4. The zero-order chi connectivity index (χ0) is 38.3. The molecule has 4 amide bonds. The standard InChI is InChI=1S/C42H54N4O7S/c1-29-16-18-34-26-33(29)27-43-40(48)35(19-17-30-10-4-3-5-11-30)44-41(49)38(39(54)42(50)46-22-8-12-31(28-46)20-25-53-34)45-37(47)21-24-52-23-9-14-32-13-6-7-15-36(32)51-2/h3-7,10-11,13,15-16,18,26,31,35,38-39,54H,8-9,12,14,17,19-25,27-28H2,1-2H3,(H,43,48)(H,44,49)(H,45,47)/t31?,35-,38-,39?/m0/s1. The molecule has 0 spiro atoms. The van der Waals surface area contributed by atoms with Crippen molar-refractivity contribution in [2.75, 3.05) is 40.0 Å². The number of rotatable bonds is 12. The van der Waals surface area contributed by atoms with Crippen LogP contribution in [0.4, 0.5) is 0 Å². The number of benzene rings is 3. The maximum absolute atomic E-state index is 14.2. The first kappa shape index (κ1) is 40.6. The van der Waals surface area contributed by atoms with Gasteiger partial charge in [-0.15, -0.1) is 0 Å². The summed E-state index contributed by atoms with van der Waals surface area (Å²) in [6, 6.07) is 21.1. The third-order valence-corrected chi connectivity index (χ3v) is 10.7. The van der Waals surface area contributed by atoms with Gasteiger partial charge in [0.2, 0.25) is 23.6 Å². The molecule has 0 saturated carbocycles. The molecule has 2 aliphatic heterocycles. The van der Waals surface area contributed by atoms with E-state index in [-0.39, 0.29) is 37.3 Å². The van der Waals surface area contributed by atoms with Crippen LogP contribution in [0.15, 0.2) is 72.8 Å². The highest BCUT2D eigenvalue weighted by molar-refractivity contribution is 7.82. The molecule has 54 heavy (non-hydrogen) atoms. The molecule has 0 radical (unpaired) electrons. The Labute approximate surface area is 324 Å². The average molecular weight is 759 g/mol. The molecule has 12 heteroatoms. The lowest BCUT2D eigenvalue weighted by Crippen LogP contribution is -2.60. The van der Waals surface area contributed by atoms with Crippen molar-refractivity contribution in [3.8, 4) is 11.5 Å². The van der Waals surface area contributed by atoms with Gasteiger partial charge in [0, 0.05) is 32.7 Å². The van der Waals surface area contributed by atoms with Gasteiger partial charge in [0.05, 0.1) is 20.3 Å². The second-order valence-corrected chi connectivity index (χ2v) is 14.6. The van der Waals surface area contributed by atoms with Crippen LogP contribution < -0.4 is 25.4 Å². The Hall–Kier alpha value is -4.55. The van der Waals surface area contributed by atoms with E-state index in [0.717, 1.165) is 65.9 Å². The summed E-state index contributed by atoms with van der Waals surface area (Å²) in [5.41, 5.74) is 4.00. The molecule has 4 bridgehead atoms. The number of piperidine rings is 1. The minimum absolute atomic E-state index is 0.0186. The molecule has 0 aromatic heterocycles. The fraction of sp³-hybridized carbons (Fsp3) is 0.476. The quantitative estimate of drug-likeness (QED) is 0.157. The Morgan fingerprint density at radius 3 is 2.59 bits per heavy atom. The van der Waals surface area contributed by atoms with E-state index in [1.54, 1.807) is 12.0 Å². The Balaban J connectivity index is 1.30. The number of para-hydroxylation sites is 1. The van der Waals surface area contributed by atoms with E-state index in [0.29, 0.717) is 39.1 Å². The van der Waals surface area contributed by atoms with Gasteiger partial charge in [0.1, 0.15) is 28.8 Å². The monoisotopic (exact) mass is 758 g/mol. The molecule has 3 aromatic rings. The van der Waals surface area contributed by atoms with Gasteiger partial charge < -0.3 is 35.1 Å². The van der Waals surface area contributed by atoms with Crippen molar-refractivity contribution in [2.24, 2.45) is 5.92 Å². The first-order chi connectivity index (χ1) is 26.2. The average Bonchev–Trinajstić information content (AvgIpc) is 3.19. The van der Waals surface area contributed by atoms with Crippen molar-refractivity contribution in [1.29, 1.82) is 0 Å². The molecule has 2 heterocycles. The highest BCUT2D eigenvalue weighted by Crippen LogP contribution is 2.24. The number of amides is 4. The van der Waals surface area contributed by atoms with E-state index in [2.05, 4.69) is 28.6 Å². The van der Waals surface area contributed by atoms with E-state index in [1.165, 1.54) is 0 Å². The summed E-state index contributed by atoms with van der Waals surface area (Å²) < 4.78 is 17.3. The Bertz CT molecular complexity index is 1710. The third kappa shape index (κ3) is 12.0. The van der Waals surface area contributed by atoms with E-state index in [4.69, 9.17) is 14.2 Å². The zero-order valence-electron chi connectivity index (χ0n) is 31.4.